The largest absolute Gasteiger partial charge is 0.192 e. The van der Waals surface area contributed by atoms with Gasteiger partial charge in [0.05, 0.1) is 11.6 Å². The Hall–Kier alpha value is -1.29. The Morgan fingerprint density at radius 1 is 1.00 bits per heavy atom. The fraction of sp³-hybridized carbons (Fsp3) is 0.500. The fourth-order valence-corrected chi connectivity index (χ4v) is 2.78. The maximum Gasteiger partial charge on any atom is 0.0991 e. The van der Waals surface area contributed by atoms with Crippen LogP contribution < -0.4 is 0 Å². The van der Waals surface area contributed by atoms with Crippen LogP contribution in [0.15, 0.2) is 24.3 Å². The summed E-state index contributed by atoms with van der Waals surface area (Å²) < 4.78 is 0. The summed E-state index contributed by atoms with van der Waals surface area (Å²) in [5, 5.41) is 8.74. The van der Waals surface area contributed by atoms with Gasteiger partial charge in [0.2, 0.25) is 0 Å². The topological polar surface area (TPSA) is 23.8 Å². The van der Waals surface area contributed by atoms with E-state index in [2.05, 4.69) is 45.9 Å². The van der Waals surface area contributed by atoms with Crippen LogP contribution in [0.2, 0.25) is 0 Å². The molecule has 1 aromatic carbocycles. The molecule has 1 nitrogen and oxygen atoms in total. The van der Waals surface area contributed by atoms with Crippen molar-refractivity contribution in [2.45, 2.75) is 33.6 Å². The number of hydrogen-bond donors (Lipinski definition) is 0. The van der Waals surface area contributed by atoms with Crippen molar-refractivity contribution in [1.29, 1.82) is 5.26 Å². The van der Waals surface area contributed by atoms with Crippen LogP contribution in [0.3, 0.4) is 0 Å². The van der Waals surface area contributed by atoms with Gasteiger partial charge in [-0.2, -0.15) is 5.26 Å². The van der Waals surface area contributed by atoms with Gasteiger partial charge >= 0.3 is 0 Å². The molecular weight excluding hydrogens is 182 g/mol. The average molecular weight is 199 g/mol. The predicted octanol–water partition coefficient (Wildman–Crippen LogP) is 3.71. The Kier molecular flexibility index (Phi) is 1.95. The smallest absolute Gasteiger partial charge is 0.0991 e. The third-order valence-electron chi connectivity index (χ3n) is 4.39. The minimum absolute atomic E-state index is 0.376. The third-order valence-corrected chi connectivity index (χ3v) is 4.39. The summed E-state index contributed by atoms with van der Waals surface area (Å²) in [5.74, 6) is 0.623. The van der Waals surface area contributed by atoms with Crippen molar-refractivity contribution in [3.8, 4) is 6.07 Å². The predicted molar refractivity (Wildman–Crippen MR) is 61.5 cm³/mol. The summed E-state index contributed by atoms with van der Waals surface area (Å²) in [6, 6.07) is 10.2. The molecular formula is C14H17N. The number of nitrogens with zero attached hydrogens (tertiary/aromatic N) is 1. The summed E-state index contributed by atoms with van der Waals surface area (Å²) in [4.78, 5) is 0. The monoisotopic (exact) mass is 199 g/mol. The first-order valence-corrected chi connectivity index (χ1v) is 5.41. The van der Waals surface area contributed by atoms with E-state index in [4.69, 9.17) is 5.26 Å². The van der Waals surface area contributed by atoms with Gasteiger partial charge in [0.1, 0.15) is 0 Å². The molecule has 0 amide bonds. The van der Waals surface area contributed by atoms with E-state index in [-0.39, 0.29) is 0 Å². The van der Waals surface area contributed by atoms with E-state index < -0.39 is 0 Å². The minimum atomic E-state index is 0.376. The van der Waals surface area contributed by atoms with Gasteiger partial charge in [-0.3, -0.25) is 0 Å². The van der Waals surface area contributed by atoms with E-state index >= 15 is 0 Å². The molecule has 1 aliphatic rings. The lowest BCUT2D eigenvalue weighted by Crippen LogP contribution is -1.95. The average Bonchev–Trinajstić information content (AvgIpc) is 2.58. The molecule has 0 heterocycles. The molecule has 0 aliphatic heterocycles. The third kappa shape index (κ3) is 1.28. The first-order chi connectivity index (χ1) is 6.91. The van der Waals surface area contributed by atoms with Crippen LogP contribution in [0, 0.1) is 22.2 Å². The van der Waals surface area contributed by atoms with Gasteiger partial charge < -0.3 is 0 Å². The highest BCUT2D eigenvalue weighted by Crippen LogP contribution is 2.73. The van der Waals surface area contributed by atoms with Crippen LogP contribution in [0.25, 0.3) is 0 Å². The van der Waals surface area contributed by atoms with Crippen LogP contribution in [-0.2, 0) is 0 Å². The normalized spacial score (nSPS) is 22.1. The molecule has 0 atom stereocenters. The Bertz CT molecular complexity index is 404. The molecule has 2 rings (SSSR count). The van der Waals surface area contributed by atoms with Crippen molar-refractivity contribution in [2.24, 2.45) is 10.8 Å². The molecule has 0 N–H and O–H groups in total. The lowest BCUT2D eigenvalue weighted by Gasteiger charge is -2.03. The van der Waals surface area contributed by atoms with Gasteiger partial charge in [-0.05, 0) is 34.4 Å². The zero-order valence-electron chi connectivity index (χ0n) is 9.83. The minimum Gasteiger partial charge on any atom is -0.192 e. The summed E-state index contributed by atoms with van der Waals surface area (Å²) in [7, 11) is 0. The van der Waals surface area contributed by atoms with Crippen molar-refractivity contribution in [1.82, 2.24) is 0 Å². The molecule has 1 aromatic rings. The van der Waals surface area contributed by atoms with Crippen molar-refractivity contribution in [2.75, 3.05) is 0 Å². The number of hydrogen-bond acceptors (Lipinski definition) is 1. The second-order valence-electron chi connectivity index (χ2n) is 5.61. The summed E-state index contributed by atoms with van der Waals surface area (Å²) in [5.41, 5.74) is 2.86. The van der Waals surface area contributed by atoms with Gasteiger partial charge in [0.15, 0.2) is 0 Å². The molecule has 0 unspecified atom stereocenters. The van der Waals surface area contributed by atoms with Crippen LogP contribution in [0.1, 0.15) is 44.7 Å². The van der Waals surface area contributed by atoms with Gasteiger partial charge in [-0.25, -0.2) is 0 Å². The summed E-state index contributed by atoms with van der Waals surface area (Å²) in [6.07, 6.45) is 0. The lowest BCUT2D eigenvalue weighted by atomic mass is 10.0. The number of nitriles is 1. The summed E-state index contributed by atoms with van der Waals surface area (Å²) >= 11 is 0. The molecule has 0 aromatic heterocycles. The Balaban J connectivity index is 2.31. The molecule has 0 spiro atoms. The molecule has 1 saturated carbocycles. The molecule has 78 valence electrons. The van der Waals surface area contributed by atoms with E-state index in [1.54, 1.807) is 0 Å². The maximum atomic E-state index is 8.74. The molecule has 1 aliphatic carbocycles. The van der Waals surface area contributed by atoms with Gasteiger partial charge in [0, 0.05) is 0 Å². The van der Waals surface area contributed by atoms with Crippen molar-refractivity contribution in [3.05, 3.63) is 35.4 Å². The summed E-state index contributed by atoms with van der Waals surface area (Å²) in [6.45, 7) is 9.26. The SMILES string of the molecule is CC1(C)C(c2ccc(C#N)cc2)C1(C)C. The quantitative estimate of drug-likeness (QED) is 0.676. The molecule has 0 saturated heterocycles. The second-order valence-corrected chi connectivity index (χ2v) is 5.61. The van der Waals surface area contributed by atoms with Gasteiger partial charge in [-0.15, -0.1) is 0 Å². The van der Waals surface area contributed by atoms with Gasteiger partial charge in [0.25, 0.3) is 0 Å². The zero-order chi connectivity index (χ0) is 11.3. The highest BCUT2D eigenvalue weighted by atomic mass is 14.7. The first kappa shape index (κ1) is 10.2. The Morgan fingerprint density at radius 3 is 1.80 bits per heavy atom. The molecule has 1 heteroatoms. The molecule has 0 bridgehead atoms. The standard InChI is InChI=1S/C14H17N/c1-13(2)12(14(13,3)4)11-7-5-10(9-15)6-8-11/h5-8,12H,1-4H3. The van der Waals surface area contributed by atoms with Gasteiger partial charge in [-0.1, -0.05) is 39.8 Å². The lowest BCUT2D eigenvalue weighted by molar-refractivity contribution is 0.457. The van der Waals surface area contributed by atoms with Crippen molar-refractivity contribution >= 4 is 0 Å². The highest BCUT2D eigenvalue weighted by Gasteiger charge is 2.64. The van der Waals surface area contributed by atoms with E-state index in [0.29, 0.717) is 16.7 Å². The van der Waals surface area contributed by atoms with Crippen LogP contribution in [-0.4, -0.2) is 0 Å². The molecule has 15 heavy (non-hydrogen) atoms. The Labute approximate surface area is 91.7 Å². The zero-order valence-corrected chi connectivity index (χ0v) is 9.83. The van der Waals surface area contributed by atoms with E-state index in [9.17, 15) is 0 Å². The first-order valence-electron chi connectivity index (χ1n) is 5.41. The van der Waals surface area contributed by atoms with E-state index in [1.807, 2.05) is 12.1 Å². The van der Waals surface area contributed by atoms with Crippen molar-refractivity contribution in [3.63, 3.8) is 0 Å². The van der Waals surface area contributed by atoms with Crippen LogP contribution in [0.4, 0.5) is 0 Å². The maximum absolute atomic E-state index is 8.74. The molecule has 1 fully saturated rings. The van der Waals surface area contributed by atoms with Crippen molar-refractivity contribution < 1.29 is 0 Å². The fourth-order valence-electron chi connectivity index (χ4n) is 2.78. The van der Waals surface area contributed by atoms with E-state index in [1.165, 1.54) is 5.56 Å². The molecule has 0 radical (unpaired) electrons. The number of benzene rings is 1. The van der Waals surface area contributed by atoms with Crippen LogP contribution >= 0.6 is 0 Å². The Morgan fingerprint density at radius 2 is 1.47 bits per heavy atom. The second kappa shape index (κ2) is 2.85. The highest BCUT2D eigenvalue weighted by molar-refractivity contribution is 5.39. The number of rotatable bonds is 1. The van der Waals surface area contributed by atoms with E-state index in [0.717, 1.165) is 5.56 Å². The van der Waals surface area contributed by atoms with Crippen LogP contribution in [0.5, 0.6) is 0 Å².